The quantitative estimate of drug-likeness (QED) is 0.543. The lowest BCUT2D eigenvalue weighted by molar-refractivity contribution is 0.617. The van der Waals surface area contributed by atoms with Gasteiger partial charge in [-0.15, -0.1) is 10.2 Å². The predicted octanol–water partition coefficient (Wildman–Crippen LogP) is 3.21. The van der Waals surface area contributed by atoms with Gasteiger partial charge in [-0.3, -0.25) is 4.40 Å². The maximum Gasteiger partial charge on any atom is 0.200 e. The number of pyridine rings is 1. The SMILES string of the molecule is Nc1cc(I)c(F)cc1Sc1nnc2ccccn12. The number of nitrogens with zero attached hydrogens (tertiary/aromatic N) is 3. The predicted molar refractivity (Wildman–Crippen MR) is 80.6 cm³/mol. The van der Waals surface area contributed by atoms with Crippen LogP contribution >= 0.6 is 34.4 Å². The summed E-state index contributed by atoms with van der Waals surface area (Å²) in [6.45, 7) is 0. The first-order valence-corrected chi connectivity index (χ1v) is 7.27. The molecule has 0 atom stereocenters. The maximum absolute atomic E-state index is 13.6. The number of fused-ring (bicyclic) bond motifs is 1. The normalized spacial score (nSPS) is 11.1. The smallest absolute Gasteiger partial charge is 0.200 e. The van der Waals surface area contributed by atoms with E-state index in [0.717, 1.165) is 5.65 Å². The Morgan fingerprint density at radius 2 is 2.11 bits per heavy atom. The lowest BCUT2D eigenvalue weighted by atomic mass is 10.3. The minimum Gasteiger partial charge on any atom is -0.398 e. The summed E-state index contributed by atoms with van der Waals surface area (Å²) in [5, 5.41) is 8.78. The van der Waals surface area contributed by atoms with Crippen molar-refractivity contribution in [3.05, 3.63) is 45.9 Å². The van der Waals surface area contributed by atoms with E-state index in [9.17, 15) is 4.39 Å². The number of nitrogen functional groups attached to an aromatic ring is 1. The molecule has 2 heterocycles. The van der Waals surface area contributed by atoms with Crippen molar-refractivity contribution in [3.8, 4) is 0 Å². The topological polar surface area (TPSA) is 56.2 Å². The van der Waals surface area contributed by atoms with E-state index in [4.69, 9.17) is 5.73 Å². The zero-order valence-corrected chi connectivity index (χ0v) is 12.5. The van der Waals surface area contributed by atoms with Gasteiger partial charge < -0.3 is 5.73 Å². The monoisotopic (exact) mass is 386 g/mol. The molecule has 3 rings (SSSR count). The van der Waals surface area contributed by atoms with Gasteiger partial charge in [0.15, 0.2) is 5.65 Å². The van der Waals surface area contributed by atoms with Crippen LogP contribution in [-0.4, -0.2) is 14.6 Å². The average molecular weight is 386 g/mol. The van der Waals surface area contributed by atoms with Crippen LogP contribution in [-0.2, 0) is 0 Å². The molecule has 19 heavy (non-hydrogen) atoms. The van der Waals surface area contributed by atoms with Crippen LogP contribution in [0.5, 0.6) is 0 Å². The highest BCUT2D eigenvalue weighted by Gasteiger charge is 2.11. The van der Waals surface area contributed by atoms with Crippen LogP contribution in [0.15, 0.2) is 46.6 Å². The van der Waals surface area contributed by atoms with Gasteiger partial charge >= 0.3 is 0 Å². The van der Waals surface area contributed by atoms with Crippen LogP contribution in [0.1, 0.15) is 0 Å². The zero-order valence-electron chi connectivity index (χ0n) is 9.55. The van der Waals surface area contributed by atoms with Crippen molar-refractivity contribution in [1.82, 2.24) is 14.6 Å². The van der Waals surface area contributed by atoms with Crippen LogP contribution in [0, 0.1) is 9.39 Å². The molecule has 0 aliphatic carbocycles. The second-order valence-electron chi connectivity index (χ2n) is 3.82. The molecule has 7 heteroatoms. The van der Waals surface area contributed by atoms with Crippen molar-refractivity contribution in [2.75, 3.05) is 5.73 Å². The van der Waals surface area contributed by atoms with Crippen LogP contribution in [0.2, 0.25) is 0 Å². The van der Waals surface area contributed by atoms with Gasteiger partial charge in [-0.05, 0) is 58.6 Å². The summed E-state index contributed by atoms with van der Waals surface area (Å²) in [5.41, 5.74) is 7.18. The van der Waals surface area contributed by atoms with Crippen molar-refractivity contribution in [2.24, 2.45) is 0 Å². The molecular weight excluding hydrogens is 378 g/mol. The van der Waals surface area contributed by atoms with Crippen molar-refractivity contribution in [2.45, 2.75) is 10.1 Å². The summed E-state index contributed by atoms with van der Waals surface area (Å²) < 4.78 is 15.9. The van der Waals surface area contributed by atoms with Crippen LogP contribution in [0.3, 0.4) is 0 Å². The first-order chi connectivity index (χ1) is 9.15. The number of nitrogens with two attached hydrogens (primary N) is 1. The van der Waals surface area contributed by atoms with E-state index < -0.39 is 0 Å². The van der Waals surface area contributed by atoms with Crippen molar-refractivity contribution >= 4 is 45.7 Å². The minimum absolute atomic E-state index is 0.286. The molecular formula is C12H8FIN4S. The Morgan fingerprint density at radius 1 is 1.26 bits per heavy atom. The van der Waals surface area contributed by atoms with E-state index in [-0.39, 0.29) is 5.82 Å². The lowest BCUT2D eigenvalue weighted by Gasteiger charge is -2.05. The molecule has 0 saturated carbocycles. The van der Waals surface area contributed by atoms with Crippen molar-refractivity contribution in [1.29, 1.82) is 0 Å². The fourth-order valence-electron chi connectivity index (χ4n) is 1.62. The second-order valence-corrected chi connectivity index (χ2v) is 5.99. The molecule has 2 N–H and O–H groups in total. The van der Waals surface area contributed by atoms with Crippen LogP contribution < -0.4 is 5.73 Å². The summed E-state index contributed by atoms with van der Waals surface area (Å²) in [7, 11) is 0. The van der Waals surface area contributed by atoms with Crippen molar-refractivity contribution < 1.29 is 4.39 Å². The second kappa shape index (κ2) is 4.97. The van der Waals surface area contributed by atoms with E-state index in [0.29, 0.717) is 19.3 Å². The molecule has 4 nitrogen and oxygen atoms in total. The molecule has 96 valence electrons. The summed E-state index contributed by atoms with van der Waals surface area (Å²) in [6, 6.07) is 8.66. The van der Waals surface area contributed by atoms with Gasteiger partial charge in [0.2, 0.25) is 5.16 Å². The Balaban J connectivity index is 2.04. The van der Waals surface area contributed by atoms with Crippen molar-refractivity contribution in [3.63, 3.8) is 0 Å². The molecule has 0 spiro atoms. The summed E-state index contributed by atoms with van der Waals surface area (Å²) in [5.74, 6) is -0.286. The average Bonchev–Trinajstić information content (AvgIpc) is 2.80. The molecule has 1 aromatic carbocycles. The number of hydrogen-bond acceptors (Lipinski definition) is 4. The van der Waals surface area contributed by atoms with E-state index in [1.807, 2.05) is 51.4 Å². The Bertz CT molecular complexity index is 759. The van der Waals surface area contributed by atoms with E-state index in [2.05, 4.69) is 10.2 Å². The number of aromatic nitrogens is 3. The Labute approximate surface area is 126 Å². The van der Waals surface area contributed by atoms with Gasteiger partial charge in [-0.2, -0.15) is 0 Å². The van der Waals surface area contributed by atoms with E-state index in [1.165, 1.54) is 17.8 Å². The van der Waals surface area contributed by atoms with Gasteiger partial charge in [0, 0.05) is 16.8 Å². The lowest BCUT2D eigenvalue weighted by Crippen LogP contribution is -1.94. The van der Waals surface area contributed by atoms with E-state index in [1.54, 1.807) is 6.07 Å². The third kappa shape index (κ3) is 2.39. The van der Waals surface area contributed by atoms with Crippen LogP contribution in [0.4, 0.5) is 10.1 Å². The molecule has 0 fully saturated rings. The largest absolute Gasteiger partial charge is 0.398 e. The van der Waals surface area contributed by atoms with E-state index >= 15 is 0 Å². The zero-order chi connectivity index (χ0) is 13.4. The Hall–Kier alpha value is -1.35. The molecule has 0 radical (unpaired) electrons. The number of rotatable bonds is 2. The fourth-order valence-corrected chi connectivity index (χ4v) is 2.98. The highest BCUT2D eigenvalue weighted by atomic mass is 127. The molecule has 3 aromatic rings. The van der Waals surface area contributed by atoms with Gasteiger partial charge in [-0.1, -0.05) is 6.07 Å². The summed E-state index contributed by atoms with van der Waals surface area (Å²) >= 11 is 3.21. The maximum atomic E-state index is 13.6. The standard InChI is InChI=1S/C12H8FIN4S/c13-7-5-10(9(15)6-8(7)14)19-12-17-16-11-3-1-2-4-18(11)12/h1-6H,15H2. The highest BCUT2D eigenvalue weighted by molar-refractivity contribution is 14.1. The molecule has 0 aliphatic heterocycles. The first-order valence-electron chi connectivity index (χ1n) is 5.37. The molecule has 0 saturated heterocycles. The summed E-state index contributed by atoms with van der Waals surface area (Å²) in [4.78, 5) is 0.635. The number of anilines is 1. The summed E-state index contributed by atoms with van der Waals surface area (Å²) in [6.07, 6.45) is 1.86. The van der Waals surface area contributed by atoms with Gasteiger partial charge in [0.25, 0.3) is 0 Å². The fraction of sp³-hybridized carbons (Fsp3) is 0. The number of benzene rings is 1. The molecule has 0 unspecified atom stereocenters. The molecule has 0 bridgehead atoms. The number of hydrogen-bond donors (Lipinski definition) is 1. The third-order valence-electron chi connectivity index (χ3n) is 2.54. The van der Waals surface area contributed by atoms with Gasteiger partial charge in [-0.25, -0.2) is 4.39 Å². The third-order valence-corrected chi connectivity index (χ3v) is 4.40. The van der Waals surface area contributed by atoms with Crippen LogP contribution in [0.25, 0.3) is 5.65 Å². The molecule has 0 amide bonds. The Morgan fingerprint density at radius 3 is 2.95 bits per heavy atom. The minimum atomic E-state index is -0.286. The number of halogens is 2. The van der Waals surface area contributed by atoms with Gasteiger partial charge in [0.05, 0.1) is 3.57 Å². The Kier molecular flexibility index (Phi) is 3.31. The first kappa shape index (κ1) is 12.7. The molecule has 2 aromatic heterocycles. The highest BCUT2D eigenvalue weighted by Crippen LogP contribution is 2.33. The molecule has 0 aliphatic rings. The van der Waals surface area contributed by atoms with Gasteiger partial charge in [0.1, 0.15) is 5.82 Å².